The second-order valence-corrected chi connectivity index (χ2v) is 10.0. The maximum atomic E-state index is 13.1. The van der Waals surface area contributed by atoms with Gasteiger partial charge >= 0.3 is 0 Å². The van der Waals surface area contributed by atoms with Gasteiger partial charge in [0.05, 0.1) is 19.6 Å². The number of nitrogens with one attached hydrogen (secondary N) is 1. The summed E-state index contributed by atoms with van der Waals surface area (Å²) < 4.78 is 11.7. The number of ether oxygens (including phenoxy) is 2. The van der Waals surface area contributed by atoms with Gasteiger partial charge in [-0.15, -0.1) is 0 Å². The summed E-state index contributed by atoms with van der Waals surface area (Å²) in [5, 5.41) is 3.15. The molecular weight excluding hydrogens is 412 g/mol. The fourth-order valence-corrected chi connectivity index (χ4v) is 5.31. The predicted molar refractivity (Wildman–Crippen MR) is 132 cm³/mol. The number of methoxy groups -OCH3 is 1. The lowest BCUT2D eigenvalue weighted by molar-refractivity contribution is -0.128. The van der Waals surface area contributed by atoms with Gasteiger partial charge in [-0.1, -0.05) is 38.1 Å². The van der Waals surface area contributed by atoms with Crippen molar-refractivity contribution in [3.05, 3.63) is 59.2 Å². The van der Waals surface area contributed by atoms with Crippen molar-refractivity contribution in [2.24, 2.45) is 17.8 Å². The van der Waals surface area contributed by atoms with Crippen LogP contribution in [-0.4, -0.2) is 44.2 Å². The van der Waals surface area contributed by atoms with E-state index in [1.807, 2.05) is 24.3 Å². The number of carbonyl (C=O) groups is 1. The topological polar surface area (TPSA) is 50.8 Å². The van der Waals surface area contributed by atoms with Crippen molar-refractivity contribution in [1.82, 2.24) is 10.2 Å². The van der Waals surface area contributed by atoms with E-state index in [2.05, 4.69) is 42.3 Å². The van der Waals surface area contributed by atoms with Crippen molar-refractivity contribution in [2.45, 2.75) is 46.1 Å². The Bertz CT molecular complexity index is 942. The maximum Gasteiger partial charge on any atom is 0.224 e. The number of carbonyl (C=O) groups excluding carboxylic acids is 1. The lowest BCUT2D eigenvalue weighted by Gasteiger charge is -2.38. The monoisotopic (exact) mass is 450 g/mol. The van der Waals surface area contributed by atoms with Crippen LogP contribution in [0.1, 0.15) is 43.4 Å². The summed E-state index contributed by atoms with van der Waals surface area (Å²) in [5.74, 6) is 2.78. The van der Waals surface area contributed by atoms with E-state index in [9.17, 15) is 4.79 Å². The van der Waals surface area contributed by atoms with Crippen molar-refractivity contribution in [1.29, 1.82) is 0 Å². The van der Waals surface area contributed by atoms with E-state index in [1.165, 1.54) is 24.0 Å². The quantitative estimate of drug-likeness (QED) is 0.612. The number of amides is 1. The van der Waals surface area contributed by atoms with E-state index in [4.69, 9.17) is 9.47 Å². The van der Waals surface area contributed by atoms with Crippen LogP contribution in [0.4, 0.5) is 0 Å². The van der Waals surface area contributed by atoms with Crippen LogP contribution in [0.15, 0.2) is 42.5 Å². The average molecular weight is 451 g/mol. The molecule has 0 aromatic heterocycles. The summed E-state index contributed by atoms with van der Waals surface area (Å²) >= 11 is 0. The first-order chi connectivity index (χ1) is 16.0. The number of fused-ring (bicyclic) bond motifs is 1. The Balaban J connectivity index is 1.36. The lowest BCUT2D eigenvalue weighted by Crippen LogP contribution is -2.48. The summed E-state index contributed by atoms with van der Waals surface area (Å²) in [6, 6.07) is 14.4. The van der Waals surface area contributed by atoms with Gasteiger partial charge < -0.3 is 19.7 Å². The summed E-state index contributed by atoms with van der Waals surface area (Å²) in [4.78, 5) is 15.6. The summed E-state index contributed by atoms with van der Waals surface area (Å²) in [6.07, 6.45) is 4.45. The third kappa shape index (κ3) is 6.29. The van der Waals surface area contributed by atoms with E-state index in [1.54, 1.807) is 7.11 Å². The Morgan fingerprint density at radius 1 is 1.12 bits per heavy atom. The second-order valence-electron chi connectivity index (χ2n) is 10.0. The molecule has 178 valence electrons. The van der Waals surface area contributed by atoms with Gasteiger partial charge in [0.2, 0.25) is 5.91 Å². The molecule has 2 atom stereocenters. The van der Waals surface area contributed by atoms with Gasteiger partial charge in [0, 0.05) is 37.7 Å². The first kappa shape index (κ1) is 23.6. The molecule has 1 amide bonds. The van der Waals surface area contributed by atoms with Crippen molar-refractivity contribution in [3.63, 3.8) is 0 Å². The number of hydrogen-bond donors (Lipinski definition) is 1. The normalized spacial score (nSPS) is 20.5. The highest BCUT2D eigenvalue weighted by atomic mass is 16.5. The molecule has 0 spiro atoms. The van der Waals surface area contributed by atoms with Crippen LogP contribution >= 0.6 is 0 Å². The number of para-hydroxylation sites is 1. The fourth-order valence-electron chi connectivity index (χ4n) is 5.31. The number of hydrogen-bond acceptors (Lipinski definition) is 4. The van der Waals surface area contributed by atoms with Gasteiger partial charge in [0.25, 0.3) is 0 Å². The van der Waals surface area contributed by atoms with Crippen LogP contribution in [0, 0.1) is 17.8 Å². The highest BCUT2D eigenvalue weighted by Crippen LogP contribution is 2.28. The first-order valence-corrected chi connectivity index (χ1v) is 12.4. The SMILES string of the molecule is COc1ccccc1CNC(=O)[C@@H]1C[C@H](COc2ccc3c(c2)CCC3)CN(CC(C)C)C1. The lowest BCUT2D eigenvalue weighted by atomic mass is 9.88. The van der Waals surface area contributed by atoms with Gasteiger partial charge in [-0.3, -0.25) is 4.79 Å². The molecule has 1 N–H and O–H groups in total. The van der Waals surface area contributed by atoms with Crippen molar-refractivity contribution >= 4 is 5.91 Å². The Morgan fingerprint density at radius 2 is 1.94 bits per heavy atom. The molecule has 5 nitrogen and oxygen atoms in total. The molecule has 0 saturated carbocycles. The molecular formula is C28H38N2O3. The highest BCUT2D eigenvalue weighted by molar-refractivity contribution is 5.79. The number of aryl methyl sites for hydroxylation is 2. The number of likely N-dealkylation sites (tertiary alicyclic amines) is 1. The Kier molecular flexibility index (Phi) is 7.92. The van der Waals surface area contributed by atoms with Crippen LogP contribution in [0.2, 0.25) is 0 Å². The molecule has 1 fully saturated rings. The molecule has 0 unspecified atom stereocenters. The van der Waals surface area contributed by atoms with Crippen LogP contribution in [0.3, 0.4) is 0 Å². The van der Waals surface area contributed by atoms with E-state index < -0.39 is 0 Å². The van der Waals surface area contributed by atoms with Gasteiger partial charge in [-0.05, 0) is 60.9 Å². The summed E-state index contributed by atoms with van der Waals surface area (Å²) in [7, 11) is 1.66. The smallest absolute Gasteiger partial charge is 0.224 e. The number of nitrogens with zero attached hydrogens (tertiary/aromatic N) is 1. The minimum absolute atomic E-state index is 0.0270. The zero-order chi connectivity index (χ0) is 23.2. The fraction of sp³-hybridized carbons (Fsp3) is 0.536. The van der Waals surface area contributed by atoms with Crippen molar-refractivity contribution in [2.75, 3.05) is 33.4 Å². The highest BCUT2D eigenvalue weighted by Gasteiger charge is 2.32. The molecule has 4 rings (SSSR count). The molecule has 2 aliphatic rings. The molecule has 5 heteroatoms. The van der Waals surface area contributed by atoms with E-state index in [0.29, 0.717) is 25.0 Å². The Labute approximate surface area is 198 Å². The molecule has 1 aliphatic heterocycles. The standard InChI is InChI=1S/C28H38N2O3/c1-20(2)16-30-17-21(19-33-26-12-11-22-8-6-9-23(22)14-26)13-25(18-30)28(31)29-15-24-7-4-5-10-27(24)32-3/h4-5,7,10-12,14,20-21,25H,6,8-9,13,15-19H2,1-3H3,(H,29,31)/t21-,25+/m0/s1. The minimum Gasteiger partial charge on any atom is -0.496 e. The Morgan fingerprint density at radius 3 is 2.76 bits per heavy atom. The third-order valence-corrected chi connectivity index (χ3v) is 6.81. The van der Waals surface area contributed by atoms with Gasteiger partial charge in [-0.25, -0.2) is 0 Å². The average Bonchev–Trinajstić information content (AvgIpc) is 3.28. The van der Waals surface area contributed by atoms with Crippen molar-refractivity contribution in [3.8, 4) is 11.5 Å². The molecule has 2 aromatic rings. The van der Waals surface area contributed by atoms with E-state index in [-0.39, 0.29) is 11.8 Å². The molecule has 1 saturated heterocycles. The summed E-state index contributed by atoms with van der Waals surface area (Å²) in [5.41, 5.74) is 3.90. The number of rotatable bonds is 9. The molecule has 2 aromatic carbocycles. The number of piperidine rings is 1. The van der Waals surface area contributed by atoms with E-state index in [0.717, 1.165) is 49.5 Å². The van der Waals surface area contributed by atoms with Gasteiger partial charge in [0.15, 0.2) is 0 Å². The van der Waals surface area contributed by atoms with Gasteiger partial charge in [-0.2, -0.15) is 0 Å². The van der Waals surface area contributed by atoms with Crippen molar-refractivity contribution < 1.29 is 14.3 Å². The molecule has 1 aliphatic carbocycles. The van der Waals surface area contributed by atoms with E-state index >= 15 is 0 Å². The zero-order valence-electron chi connectivity index (χ0n) is 20.3. The molecule has 0 radical (unpaired) electrons. The number of benzene rings is 2. The molecule has 1 heterocycles. The summed E-state index contributed by atoms with van der Waals surface area (Å²) in [6.45, 7) is 8.42. The van der Waals surface area contributed by atoms with Crippen LogP contribution < -0.4 is 14.8 Å². The molecule has 33 heavy (non-hydrogen) atoms. The largest absolute Gasteiger partial charge is 0.496 e. The minimum atomic E-state index is -0.0270. The molecule has 0 bridgehead atoms. The van der Waals surface area contributed by atoms with Crippen LogP contribution in [0.5, 0.6) is 11.5 Å². The predicted octanol–water partition coefficient (Wildman–Crippen LogP) is 4.47. The van der Waals surface area contributed by atoms with Gasteiger partial charge in [0.1, 0.15) is 11.5 Å². The zero-order valence-corrected chi connectivity index (χ0v) is 20.3. The first-order valence-electron chi connectivity index (χ1n) is 12.4. The van der Waals surface area contributed by atoms with Crippen LogP contribution in [-0.2, 0) is 24.2 Å². The maximum absolute atomic E-state index is 13.1. The van der Waals surface area contributed by atoms with Crippen LogP contribution in [0.25, 0.3) is 0 Å². The second kappa shape index (κ2) is 11.1. The Hall–Kier alpha value is -2.53. The third-order valence-electron chi connectivity index (χ3n) is 6.81.